The molecule has 7 nitrogen and oxygen atoms in total. The van der Waals surface area contributed by atoms with E-state index in [0.29, 0.717) is 19.8 Å². The molecule has 4 rings (SSSR count). The first kappa shape index (κ1) is 15.4. The van der Waals surface area contributed by atoms with Gasteiger partial charge in [-0.25, -0.2) is 25.2 Å². The number of nitrogens with zero attached hydrogens (tertiary/aromatic N) is 4. The summed E-state index contributed by atoms with van der Waals surface area (Å²) < 4.78 is 5.49. The van der Waals surface area contributed by atoms with E-state index >= 15 is 0 Å². The Bertz CT molecular complexity index is 690. The maximum absolute atomic E-state index is 12.3. The summed E-state index contributed by atoms with van der Waals surface area (Å²) >= 11 is 0. The number of carbonyl (C=O) groups excluding carboxylic acids is 1. The maximum atomic E-state index is 12.3. The van der Waals surface area contributed by atoms with Gasteiger partial charge in [-0.15, -0.1) is 0 Å². The van der Waals surface area contributed by atoms with Crippen LogP contribution < -0.4 is 5.43 Å². The number of amides is 1. The van der Waals surface area contributed by atoms with Crippen LogP contribution in [0, 0.1) is 5.41 Å². The zero-order chi connectivity index (χ0) is 16.9. The van der Waals surface area contributed by atoms with Crippen LogP contribution in [0.4, 0.5) is 4.79 Å². The Balaban J connectivity index is 1.48. The van der Waals surface area contributed by atoms with Gasteiger partial charge in [0.15, 0.2) is 0 Å². The van der Waals surface area contributed by atoms with E-state index in [1.54, 1.807) is 0 Å². The van der Waals surface area contributed by atoms with Gasteiger partial charge < -0.3 is 9.64 Å². The van der Waals surface area contributed by atoms with Gasteiger partial charge in [-0.3, -0.25) is 0 Å². The van der Waals surface area contributed by atoms with Gasteiger partial charge in [0, 0.05) is 30.3 Å². The number of likely N-dealkylation sites (tertiary alicyclic amines) is 1. The van der Waals surface area contributed by atoms with Crippen molar-refractivity contribution in [1.29, 1.82) is 0 Å². The normalized spacial score (nSPS) is 24.4. The van der Waals surface area contributed by atoms with Crippen LogP contribution in [-0.4, -0.2) is 53.0 Å². The summed E-state index contributed by atoms with van der Waals surface area (Å²) in [7, 11) is 0. The predicted molar refractivity (Wildman–Crippen MR) is 91.4 cm³/mol. The van der Waals surface area contributed by atoms with Crippen LogP contribution in [0.2, 0.25) is 0 Å². The molecule has 0 radical (unpaired) electrons. The summed E-state index contributed by atoms with van der Waals surface area (Å²) in [5.41, 5.74) is 4.91. The van der Waals surface area contributed by atoms with E-state index in [0.717, 1.165) is 24.5 Å². The molecule has 0 bridgehead atoms. The van der Waals surface area contributed by atoms with Gasteiger partial charge in [0.2, 0.25) is 5.96 Å². The molecular weight excluding hydrogens is 306 g/mol. The fourth-order valence-corrected chi connectivity index (χ4v) is 3.57. The first-order valence-corrected chi connectivity index (χ1v) is 8.42. The van der Waals surface area contributed by atoms with Crippen molar-refractivity contribution < 1.29 is 9.53 Å². The number of rotatable bonds is 0. The van der Waals surface area contributed by atoms with E-state index in [1.165, 1.54) is 5.57 Å². The highest BCUT2D eigenvalue weighted by Gasteiger charge is 2.44. The Labute approximate surface area is 141 Å². The third kappa shape index (κ3) is 2.53. The van der Waals surface area contributed by atoms with E-state index < -0.39 is 5.60 Å². The number of aliphatic imine (C=N–C) groups is 2. The van der Waals surface area contributed by atoms with Crippen molar-refractivity contribution in [2.24, 2.45) is 15.4 Å². The predicted octanol–water partition coefficient (Wildman–Crippen LogP) is 2.05. The number of hydrogen-bond acceptors (Lipinski definition) is 6. The molecule has 0 aromatic heterocycles. The molecule has 24 heavy (non-hydrogen) atoms. The molecule has 3 aliphatic heterocycles. The van der Waals surface area contributed by atoms with Crippen molar-refractivity contribution in [2.75, 3.05) is 19.8 Å². The van der Waals surface area contributed by atoms with Crippen molar-refractivity contribution in [3.05, 3.63) is 23.9 Å². The van der Waals surface area contributed by atoms with E-state index in [1.807, 2.05) is 30.7 Å². The maximum Gasteiger partial charge on any atom is 0.410 e. The van der Waals surface area contributed by atoms with Crippen LogP contribution in [0.3, 0.4) is 0 Å². The Kier molecular flexibility index (Phi) is 3.32. The standard InChI is InChI=1S/C17H23N5O2/c1-16(2,3)24-15(23)21-8-6-17(7-9-21)5-4-13-12(17)10-22-14(20-13)18-11-19-22/h4-5,10,19H,6-9,11H2,1-3H3. The number of ether oxygens (including phenoxy) is 1. The quantitative estimate of drug-likeness (QED) is 0.738. The summed E-state index contributed by atoms with van der Waals surface area (Å²) in [6, 6.07) is 0. The zero-order valence-corrected chi connectivity index (χ0v) is 14.4. The minimum atomic E-state index is -0.456. The van der Waals surface area contributed by atoms with E-state index in [4.69, 9.17) is 4.74 Å². The van der Waals surface area contributed by atoms with Crippen molar-refractivity contribution >= 4 is 17.8 Å². The lowest BCUT2D eigenvalue weighted by molar-refractivity contribution is 0.0167. The van der Waals surface area contributed by atoms with Crippen LogP contribution in [-0.2, 0) is 4.74 Å². The SMILES string of the molecule is CC(C)(C)OC(=O)N1CCC2(C=CC3=NC4=NCNN4C=C32)CC1. The monoisotopic (exact) mass is 329 g/mol. The number of allylic oxidation sites excluding steroid dienone is 3. The highest BCUT2D eigenvalue weighted by Crippen LogP contribution is 2.46. The lowest BCUT2D eigenvalue weighted by Crippen LogP contribution is -2.46. The zero-order valence-electron chi connectivity index (χ0n) is 14.4. The molecule has 1 spiro atoms. The number of nitrogens with one attached hydrogen (secondary N) is 1. The molecule has 0 saturated carbocycles. The van der Waals surface area contributed by atoms with Crippen LogP contribution in [0.5, 0.6) is 0 Å². The number of fused-ring (bicyclic) bond motifs is 3. The van der Waals surface area contributed by atoms with Crippen LogP contribution in [0.15, 0.2) is 33.9 Å². The minimum absolute atomic E-state index is 0.0346. The van der Waals surface area contributed by atoms with Crippen molar-refractivity contribution in [3.63, 3.8) is 0 Å². The van der Waals surface area contributed by atoms with Gasteiger partial charge in [-0.1, -0.05) is 6.08 Å². The van der Waals surface area contributed by atoms with E-state index in [9.17, 15) is 4.79 Å². The largest absolute Gasteiger partial charge is 0.444 e. The Morgan fingerprint density at radius 1 is 1.33 bits per heavy atom. The highest BCUT2D eigenvalue weighted by molar-refractivity contribution is 6.18. The summed E-state index contributed by atoms with van der Waals surface area (Å²) in [5.74, 6) is 0.724. The Hall–Kier alpha value is -2.15. The summed E-state index contributed by atoms with van der Waals surface area (Å²) in [6.45, 7) is 7.64. The number of carbonyl (C=O) groups is 1. The Morgan fingerprint density at radius 3 is 2.79 bits per heavy atom. The number of hydrogen-bond donors (Lipinski definition) is 1. The average Bonchev–Trinajstić information content (AvgIpc) is 3.10. The molecule has 4 aliphatic rings. The van der Waals surface area contributed by atoms with Gasteiger partial charge in [-0.2, -0.15) is 0 Å². The third-order valence-corrected chi connectivity index (χ3v) is 4.84. The van der Waals surface area contributed by atoms with Crippen LogP contribution >= 0.6 is 0 Å². The molecular formula is C17H23N5O2. The van der Waals surface area contributed by atoms with Gasteiger partial charge in [-0.05, 0) is 39.7 Å². The summed E-state index contributed by atoms with van der Waals surface area (Å²) in [6.07, 6.45) is 7.99. The second-order valence-corrected chi connectivity index (χ2v) is 7.64. The fourth-order valence-electron chi connectivity index (χ4n) is 3.57. The number of hydrazine groups is 1. The van der Waals surface area contributed by atoms with Crippen molar-refractivity contribution in [2.45, 2.75) is 39.2 Å². The molecule has 1 N–H and O–H groups in total. The van der Waals surface area contributed by atoms with Crippen LogP contribution in [0.1, 0.15) is 33.6 Å². The lowest BCUT2D eigenvalue weighted by Gasteiger charge is -2.40. The first-order valence-electron chi connectivity index (χ1n) is 8.42. The molecule has 3 heterocycles. The van der Waals surface area contributed by atoms with Crippen molar-refractivity contribution in [3.8, 4) is 0 Å². The molecule has 0 aromatic rings. The minimum Gasteiger partial charge on any atom is -0.444 e. The van der Waals surface area contributed by atoms with Gasteiger partial charge in [0.1, 0.15) is 12.3 Å². The van der Waals surface area contributed by atoms with Crippen LogP contribution in [0.25, 0.3) is 0 Å². The molecule has 1 aliphatic carbocycles. The second-order valence-electron chi connectivity index (χ2n) is 7.64. The smallest absolute Gasteiger partial charge is 0.410 e. The third-order valence-electron chi connectivity index (χ3n) is 4.84. The van der Waals surface area contributed by atoms with Gasteiger partial charge >= 0.3 is 6.09 Å². The highest BCUT2D eigenvalue weighted by atomic mass is 16.6. The Morgan fingerprint density at radius 2 is 2.08 bits per heavy atom. The summed E-state index contributed by atoms with van der Waals surface area (Å²) in [5, 5.41) is 1.90. The molecule has 0 unspecified atom stereocenters. The fraction of sp³-hybridized carbons (Fsp3) is 0.588. The topological polar surface area (TPSA) is 69.5 Å². The first-order chi connectivity index (χ1) is 11.4. The molecule has 7 heteroatoms. The van der Waals surface area contributed by atoms with E-state index in [-0.39, 0.29) is 11.5 Å². The van der Waals surface area contributed by atoms with E-state index in [2.05, 4.69) is 33.8 Å². The average molecular weight is 329 g/mol. The number of guanidine groups is 1. The molecule has 0 atom stereocenters. The molecule has 1 amide bonds. The second kappa shape index (κ2) is 5.17. The molecule has 1 fully saturated rings. The molecule has 1 saturated heterocycles. The molecule has 128 valence electrons. The lowest BCUT2D eigenvalue weighted by atomic mass is 9.74. The van der Waals surface area contributed by atoms with Crippen molar-refractivity contribution in [1.82, 2.24) is 15.3 Å². The summed E-state index contributed by atoms with van der Waals surface area (Å²) in [4.78, 5) is 23.0. The van der Waals surface area contributed by atoms with Gasteiger partial charge in [0.25, 0.3) is 0 Å². The molecule has 0 aromatic carbocycles. The van der Waals surface area contributed by atoms with Gasteiger partial charge in [0.05, 0.1) is 5.71 Å². The number of piperidine rings is 1.